The molecule has 0 atom stereocenters. The van der Waals surface area contributed by atoms with Crippen molar-refractivity contribution in [3.63, 3.8) is 0 Å². The third kappa shape index (κ3) is 5.08. The van der Waals surface area contributed by atoms with Gasteiger partial charge in [-0.2, -0.15) is 5.10 Å². The highest BCUT2D eigenvalue weighted by molar-refractivity contribution is 7.17. The van der Waals surface area contributed by atoms with E-state index in [-0.39, 0.29) is 11.4 Å². The number of amides is 1. The molecular weight excluding hydrogens is 508 g/mol. The van der Waals surface area contributed by atoms with Crippen LogP contribution < -0.4 is 11.5 Å². The van der Waals surface area contributed by atoms with E-state index >= 15 is 0 Å². The Morgan fingerprint density at radius 3 is 2.59 bits per heavy atom. The molecule has 1 aromatic carbocycles. The average Bonchev–Trinajstić information content (AvgIpc) is 3.61. The molecule has 0 radical (unpaired) electrons. The Hall–Kier alpha value is -5.01. The first-order valence-corrected chi connectivity index (χ1v) is 13.1. The summed E-state index contributed by atoms with van der Waals surface area (Å²) in [7, 11) is 1.93. The minimum atomic E-state index is -0.619. The fourth-order valence-corrected chi connectivity index (χ4v) is 4.99. The minimum absolute atomic E-state index is 0.103. The molecule has 10 heteroatoms. The molecule has 0 fully saturated rings. The summed E-state index contributed by atoms with van der Waals surface area (Å²) in [5, 5.41) is 10.2. The van der Waals surface area contributed by atoms with Crippen molar-refractivity contribution >= 4 is 38.9 Å². The highest BCUT2D eigenvalue weighted by atomic mass is 32.1. The summed E-state index contributed by atoms with van der Waals surface area (Å²) in [6.07, 6.45) is 5.96. The van der Waals surface area contributed by atoms with Crippen molar-refractivity contribution in [3.05, 3.63) is 94.4 Å². The molecule has 0 aliphatic rings. The monoisotopic (exact) mass is 534 g/mol. The van der Waals surface area contributed by atoms with E-state index in [1.807, 2.05) is 30.9 Å². The normalized spacial score (nSPS) is 10.6. The first-order valence-electron chi connectivity index (χ1n) is 12.2. The van der Waals surface area contributed by atoms with Crippen molar-refractivity contribution in [2.75, 3.05) is 5.73 Å². The van der Waals surface area contributed by atoms with Crippen LogP contribution in [0.25, 0.3) is 27.1 Å². The summed E-state index contributed by atoms with van der Waals surface area (Å²) in [5.41, 5.74) is 18.6. The van der Waals surface area contributed by atoms with Gasteiger partial charge >= 0.3 is 0 Å². The van der Waals surface area contributed by atoms with Crippen LogP contribution in [-0.2, 0) is 13.5 Å². The van der Waals surface area contributed by atoms with E-state index in [9.17, 15) is 4.79 Å². The molecule has 0 saturated heterocycles. The number of nitrogens with zero attached hydrogens (tertiary/aromatic N) is 6. The molecule has 0 aliphatic carbocycles. The molecular formula is C29H26N8OS. The predicted molar refractivity (Wildman–Crippen MR) is 154 cm³/mol. The van der Waals surface area contributed by atoms with Crippen molar-refractivity contribution in [1.29, 1.82) is 0 Å². The molecule has 9 nitrogen and oxygen atoms in total. The van der Waals surface area contributed by atoms with Gasteiger partial charge in [0.15, 0.2) is 11.5 Å². The Bertz CT molecular complexity index is 1870. The molecule has 39 heavy (non-hydrogen) atoms. The fraction of sp³-hybridized carbons (Fsp3) is 0.138. The summed E-state index contributed by atoms with van der Waals surface area (Å²) >= 11 is 1.71. The third-order valence-electron chi connectivity index (χ3n) is 6.29. The second-order valence-corrected chi connectivity index (χ2v) is 9.65. The molecule has 5 aromatic heterocycles. The number of hydrogen-bond acceptors (Lipinski definition) is 7. The maximum atomic E-state index is 10.9. The van der Waals surface area contributed by atoms with E-state index in [0.29, 0.717) is 5.65 Å². The van der Waals surface area contributed by atoms with Crippen LogP contribution in [0.4, 0.5) is 5.82 Å². The van der Waals surface area contributed by atoms with Crippen molar-refractivity contribution in [2.45, 2.75) is 20.3 Å². The molecule has 0 bridgehead atoms. The van der Waals surface area contributed by atoms with Gasteiger partial charge in [0.2, 0.25) is 0 Å². The lowest BCUT2D eigenvalue weighted by Crippen LogP contribution is -2.12. The number of benzene rings is 1. The van der Waals surface area contributed by atoms with Crippen LogP contribution in [0.1, 0.15) is 39.7 Å². The molecule has 5 heterocycles. The molecule has 0 unspecified atom stereocenters. The lowest BCUT2D eigenvalue weighted by molar-refractivity contribution is 0.100. The van der Waals surface area contributed by atoms with E-state index in [2.05, 4.69) is 69.7 Å². The van der Waals surface area contributed by atoms with Gasteiger partial charge in [-0.1, -0.05) is 49.1 Å². The van der Waals surface area contributed by atoms with Gasteiger partial charge in [-0.15, -0.1) is 16.4 Å². The lowest BCUT2D eigenvalue weighted by Gasteiger charge is -2.07. The highest BCUT2D eigenvalue weighted by Crippen LogP contribution is 2.31. The number of aryl methyl sites for hydroxylation is 2. The smallest absolute Gasteiger partial charge is 0.256 e. The number of carbonyl (C=O) groups excluding carboxylic acids is 1. The van der Waals surface area contributed by atoms with Crippen LogP contribution in [0.2, 0.25) is 0 Å². The maximum absolute atomic E-state index is 10.9. The van der Waals surface area contributed by atoms with Gasteiger partial charge < -0.3 is 11.5 Å². The average molecular weight is 535 g/mol. The van der Waals surface area contributed by atoms with Crippen molar-refractivity contribution < 1.29 is 4.79 Å². The molecule has 6 rings (SSSR count). The van der Waals surface area contributed by atoms with Crippen molar-refractivity contribution in [3.8, 4) is 23.1 Å². The molecule has 0 aliphatic heterocycles. The van der Waals surface area contributed by atoms with Crippen molar-refractivity contribution in [1.82, 2.24) is 29.4 Å². The Kier molecular flexibility index (Phi) is 7.08. The van der Waals surface area contributed by atoms with Crippen LogP contribution in [0.15, 0.2) is 66.4 Å². The standard InChI is InChI=1S/C22H19N3S.C7H7N5O/c1-4-16-12-20-22(24-21(16)17-8-6-5-7-9-17)19(14-26-20)11-10-18-13-23-25(3)15(18)2;8-5-4(6(9)13)7-10-2-1-3-12(7)11-5/h5-9,12-14H,4H2,1-3H3;1-3H,(H2,8,11)(H2,9,13). The largest absolute Gasteiger partial charge is 0.381 e. The minimum Gasteiger partial charge on any atom is -0.381 e. The Balaban J connectivity index is 0.000000198. The number of aromatic nitrogens is 6. The molecule has 0 saturated carbocycles. The number of primary amides is 1. The highest BCUT2D eigenvalue weighted by Gasteiger charge is 2.15. The molecule has 194 valence electrons. The summed E-state index contributed by atoms with van der Waals surface area (Å²) in [6.45, 7) is 4.21. The van der Waals surface area contributed by atoms with Crippen LogP contribution in [0.3, 0.4) is 0 Å². The Labute approximate surface area is 229 Å². The van der Waals surface area contributed by atoms with E-state index in [0.717, 1.165) is 40.0 Å². The van der Waals surface area contributed by atoms with Crippen LogP contribution >= 0.6 is 11.3 Å². The topological polar surface area (TPSA) is 130 Å². The van der Waals surface area contributed by atoms with Gasteiger partial charge in [0.25, 0.3) is 5.91 Å². The van der Waals surface area contributed by atoms with Crippen LogP contribution in [0.5, 0.6) is 0 Å². The summed E-state index contributed by atoms with van der Waals surface area (Å²) in [5.74, 6) is 6.03. The number of carbonyl (C=O) groups is 1. The van der Waals surface area contributed by atoms with Gasteiger partial charge in [-0.3, -0.25) is 9.48 Å². The number of rotatable bonds is 3. The van der Waals surface area contributed by atoms with Gasteiger partial charge in [-0.05, 0) is 31.0 Å². The lowest BCUT2D eigenvalue weighted by atomic mass is 10.0. The summed E-state index contributed by atoms with van der Waals surface area (Å²) in [4.78, 5) is 19.9. The van der Waals surface area contributed by atoms with E-state index < -0.39 is 5.91 Å². The number of fused-ring (bicyclic) bond motifs is 2. The molecule has 1 amide bonds. The number of anilines is 1. The quantitative estimate of drug-likeness (QED) is 0.324. The zero-order chi connectivity index (χ0) is 27.5. The first-order chi connectivity index (χ1) is 18.9. The van der Waals surface area contributed by atoms with E-state index in [4.69, 9.17) is 16.5 Å². The van der Waals surface area contributed by atoms with E-state index in [1.165, 1.54) is 14.8 Å². The Morgan fingerprint density at radius 1 is 1.13 bits per heavy atom. The van der Waals surface area contributed by atoms with Crippen LogP contribution in [0, 0.1) is 18.8 Å². The van der Waals surface area contributed by atoms with Gasteiger partial charge in [0.1, 0.15) is 5.56 Å². The van der Waals surface area contributed by atoms with Gasteiger partial charge in [0.05, 0.1) is 38.9 Å². The number of nitrogen functional groups attached to an aromatic ring is 1. The van der Waals surface area contributed by atoms with Gasteiger partial charge in [0, 0.05) is 30.4 Å². The van der Waals surface area contributed by atoms with Gasteiger partial charge in [-0.25, -0.2) is 14.5 Å². The van der Waals surface area contributed by atoms with Crippen molar-refractivity contribution in [2.24, 2.45) is 12.8 Å². The molecule has 6 aromatic rings. The number of nitrogens with two attached hydrogens (primary N) is 2. The fourth-order valence-electron chi connectivity index (χ4n) is 4.10. The zero-order valence-corrected chi connectivity index (χ0v) is 22.5. The van der Waals surface area contributed by atoms with E-state index in [1.54, 1.807) is 29.8 Å². The number of hydrogen-bond donors (Lipinski definition) is 2. The first kappa shape index (κ1) is 25.6. The molecule has 4 N–H and O–H groups in total. The Morgan fingerprint density at radius 2 is 1.90 bits per heavy atom. The number of thiophene rings is 1. The third-order valence-corrected chi connectivity index (χ3v) is 7.21. The zero-order valence-electron chi connectivity index (χ0n) is 21.7. The molecule has 0 spiro atoms. The SMILES string of the molecule is CCc1cc2scc(C#Cc3cnn(C)c3C)c2nc1-c1ccccc1.NC(=O)c1c(N)nn2cccnc12. The second-order valence-electron chi connectivity index (χ2n) is 8.74. The second kappa shape index (κ2) is 10.8. The predicted octanol–water partition coefficient (Wildman–Crippen LogP) is 4.38. The van der Waals surface area contributed by atoms with Crippen LogP contribution in [-0.4, -0.2) is 35.3 Å². The maximum Gasteiger partial charge on any atom is 0.256 e. The summed E-state index contributed by atoms with van der Waals surface area (Å²) in [6, 6.07) is 14.3. The summed E-state index contributed by atoms with van der Waals surface area (Å²) < 4.78 is 4.44. The number of pyridine rings is 1.